The van der Waals surface area contributed by atoms with Crippen molar-refractivity contribution in [1.82, 2.24) is 10.2 Å². The summed E-state index contributed by atoms with van der Waals surface area (Å²) in [7, 11) is 0. The summed E-state index contributed by atoms with van der Waals surface area (Å²) in [5, 5.41) is 3.15. The third-order valence-electron chi connectivity index (χ3n) is 6.64. The van der Waals surface area contributed by atoms with E-state index in [2.05, 4.69) is 28.4 Å². The highest BCUT2D eigenvalue weighted by atomic mass is 16.5. The Balaban J connectivity index is 1.20. The van der Waals surface area contributed by atoms with Crippen LogP contribution in [-0.2, 0) is 17.6 Å². The molecular formula is C23H34N2O2. The first-order valence-electron chi connectivity index (χ1n) is 11.1. The molecule has 0 unspecified atom stereocenters. The average Bonchev–Trinajstić information content (AvgIpc) is 3.04. The number of hydrogen-bond acceptors (Lipinski definition) is 3. The van der Waals surface area contributed by atoms with Crippen LogP contribution in [0.3, 0.4) is 0 Å². The molecule has 1 heterocycles. The van der Waals surface area contributed by atoms with E-state index < -0.39 is 0 Å². The number of benzene rings is 1. The normalized spacial score (nSPS) is 21.3. The van der Waals surface area contributed by atoms with Crippen molar-refractivity contribution in [2.75, 3.05) is 19.7 Å². The zero-order valence-electron chi connectivity index (χ0n) is 16.5. The summed E-state index contributed by atoms with van der Waals surface area (Å²) < 4.78 is 5.95. The molecule has 1 N–H and O–H groups in total. The van der Waals surface area contributed by atoms with E-state index in [-0.39, 0.29) is 5.91 Å². The molecule has 4 heteroatoms. The lowest BCUT2D eigenvalue weighted by atomic mass is 9.91. The van der Waals surface area contributed by atoms with Gasteiger partial charge in [-0.1, -0.05) is 25.3 Å². The van der Waals surface area contributed by atoms with Gasteiger partial charge >= 0.3 is 0 Å². The van der Waals surface area contributed by atoms with Gasteiger partial charge in [0.15, 0.2) is 0 Å². The molecule has 27 heavy (non-hydrogen) atoms. The molecule has 0 saturated heterocycles. The number of hydrogen-bond donors (Lipinski definition) is 1. The third kappa shape index (κ3) is 5.04. The number of nitrogens with zero attached hydrogens (tertiary/aromatic N) is 1. The van der Waals surface area contributed by atoms with Crippen molar-refractivity contribution >= 4 is 5.91 Å². The number of amides is 1. The Morgan fingerprint density at radius 2 is 1.81 bits per heavy atom. The van der Waals surface area contributed by atoms with Crippen LogP contribution in [0.1, 0.15) is 68.9 Å². The predicted octanol–water partition coefficient (Wildman–Crippen LogP) is 3.86. The second kappa shape index (κ2) is 9.09. The van der Waals surface area contributed by atoms with Gasteiger partial charge in [0, 0.05) is 31.6 Å². The van der Waals surface area contributed by atoms with Crippen molar-refractivity contribution in [3.05, 3.63) is 29.3 Å². The Kier molecular flexibility index (Phi) is 6.33. The van der Waals surface area contributed by atoms with Gasteiger partial charge in [0.05, 0.1) is 6.61 Å². The molecule has 148 valence electrons. The van der Waals surface area contributed by atoms with Gasteiger partial charge in [-0.15, -0.1) is 0 Å². The number of ether oxygens (including phenoxy) is 1. The summed E-state index contributed by atoms with van der Waals surface area (Å²) in [5.74, 6) is 1.14. The highest BCUT2D eigenvalue weighted by molar-refractivity contribution is 5.76. The quantitative estimate of drug-likeness (QED) is 0.741. The van der Waals surface area contributed by atoms with E-state index in [9.17, 15) is 4.79 Å². The van der Waals surface area contributed by atoms with Crippen LogP contribution in [0.5, 0.6) is 5.75 Å². The van der Waals surface area contributed by atoms with Gasteiger partial charge in [0.1, 0.15) is 5.75 Å². The molecule has 0 bridgehead atoms. The molecular weight excluding hydrogens is 336 g/mol. The lowest BCUT2D eigenvalue weighted by Crippen LogP contribution is -2.41. The zero-order valence-corrected chi connectivity index (χ0v) is 16.5. The van der Waals surface area contributed by atoms with Gasteiger partial charge in [-0.2, -0.15) is 0 Å². The number of carbonyl (C=O) groups is 1. The molecule has 2 fully saturated rings. The Hall–Kier alpha value is -1.55. The summed E-state index contributed by atoms with van der Waals surface area (Å²) >= 11 is 0. The maximum absolute atomic E-state index is 12.0. The first-order chi connectivity index (χ1) is 13.3. The summed E-state index contributed by atoms with van der Waals surface area (Å²) in [6.45, 7) is 3.00. The number of fused-ring (bicyclic) bond motifs is 1. The molecule has 2 saturated carbocycles. The first kappa shape index (κ1) is 18.8. The third-order valence-corrected chi connectivity index (χ3v) is 6.64. The van der Waals surface area contributed by atoms with Gasteiger partial charge in [0.2, 0.25) is 5.91 Å². The minimum atomic E-state index is 0.184. The van der Waals surface area contributed by atoms with Gasteiger partial charge in [0.25, 0.3) is 0 Å². The largest absolute Gasteiger partial charge is 0.494 e. The van der Waals surface area contributed by atoms with Crippen molar-refractivity contribution < 1.29 is 9.53 Å². The van der Waals surface area contributed by atoms with Crippen molar-refractivity contribution in [1.29, 1.82) is 0 Å². The Morgan fingerprint density at radius 3 is 2.56 bits per heavy atom. The molecule has 2 aliphatic carbocycles. The minimum Gasteiger partial charge on any atom is -0.494 e. The molecule has 3 aliphatic rings. The van der Waals surface area contributed by atoms with Crippen LogP contribution in [0, 0.1) is 0 Å². The second-order valence-electron chi connectivity index (χ2n) is 8.55. The van der Waals surface area contributed by atoms with E-state index in [1.165, 1.54) is 56.3 Å². The molecule has 0 radical (unpaired) electrons. The highest BCUT2D eigenvalue weighted by Gasteiger charge is 2.26. The van der Waals surface area contributed by atoms with Crippen LogP contribution in [0.4, 0.5) is 0 Å². The summed E-state index contributed by atoms with van der Waals surface area (Å²) in [6, 6.07) is 7.85. The molecule has 1 aliphatic heterocycles. The fraction of sp³-hybridized carbons (Fsp3) is 0.696. The smallest absolute Gasteiger partial charge is 0.220 e. The molecule has 4 rings (SSSR count). The lowest BCUT2D eigenvalue weighted by Gasteiger charge is -2.36. The minimum absolute atomic E-state index is 0.184. The van der Waals surface area contributed by atoms with Crippen molar-refractivity contribution in [2.24, 2.45) is 0 Å². The van der Waals surface area contributed by atoms with Crippen LogP contribution in [0.2, 0.25) is 0 Å². The van der Waals surface area contributed by atoms with E-state index in [0.29, 0.717) is 19.1 Å². The van der Waals surface area contributed by atoms with Crippen molar-refractivity contribution in [2.45, 2.75) is 82.7 Å². The van der Waals surface area contributed by atoms with Crippen LogP contribution in [-0.4, -0.2) is 42.6 Å². The second-order valence-corrected chi connectivity index (χ2v) is 8.55. The lowest BCUT2D eigenvalue weighted by molar-refractivity contribution is -0.122. The fourth-order valence-corrected chi connectivity index (χ4v) is 4.72. The molecule has 1 aromatic rings. The maximum atomic E-state index is 12.0. The predicted molar refractivity (Wildman–Crippen MR) is 108 cm³/mol. The van der Waals surface area contributed by atoms with Gasteiger partial charge in [-0.25, -0.2) is 0 Å². The monoisotopic (exact) mass is 370 g/mol. The van der Waals surface area contributed by atoms with E-state index >= 15 is 0 Å². The first-order valence-corrected chi connectivity index (χ1v) is 11.1. The Bertz CT molecular complexity index is 635. The molecule has 0 atom stereocenters. The highest BCUT2D eigenvalue weighted by Crippen LogP contribution is 2.28. The molecule has 0 spiro atoms. The van der Waals surface area contributed by atoms with Crippen LogP contribution >= 0.6 is 0 Å². The molecule has 4 nitrogen and oxygen atoms in total. The zero-order chi connectivity index (χ0) is 18.5. The molecule has 1 aromatic carbocycles. The number of rotatable bonds is 7. The summed E-state index contributed by atoms with van der Waals surface area (Å²) in [5.41, 5.74) is 2.94. The summed E-state index contributed by atoms with van der Waals surface area (Å²) in [6.07, 6.45) is 12.6. The van der Waals surface area contributed by atoms with E-state index in [1.807, 2.05) is 0 Å². The van der Waals surface area contributed by atoms with Gasteiger partial charge in [-0.3, -0.25) is 9.69 Å². The van der Waals surface area contributed by atoms with E-state index in [4.69, 9.17) is 4.74 Å². The van der Waals surface area contributed by atoms with Gasteiger partial charge < -0.3 is 10.1 Å². The maximum Gasteiger partial charge on any atom is 0.220 e. The van der Waals surface area contributed by atoms with Crippen LogP contribution in [0.25, 0.3) is 0 Å². The number of carbonyl (C=O) groups excluding carboxylic acids is 1. The SMILES string of the molecule is O=C(CCCOc1ccc2c(c1)CCN(C1CCC1)CC2)NC1CCCC1. The van der Waals surface area contributed by atoms with Crippen molar-refractivity contribution in [3.63, 3.8) is 0 Å². The number of nitrogens with one attached hydrogen (secondary N) is 1. The van der Waals surface area contributed by atoms with E-state index in [0.717, 1.165) is 43.9 Å². The Labute approximate surface area is 163 Å². The van der Waals surface area contributed by atoms with Gasteiger partial charge in [-0.05, 0) is 68.2 Å². The van der Waals surface area contributed by atoms with E-state index in [1.54, 1.807) is 0 Å². The van der Waals surface area contributed by atoms with Crippen LogP contribution < -0.4 is 10.1 Å². The summed E-state index contributed by atoms with van der Waals surface area (Å²) in [4.78, 5) is 14.7. The fourth-order valence-electron chi connectivity index (χ4n) is 4.72. The van der Waals surface area contributed by atoms with Crippen LogP contribution in [0.15, 0.2) is 18.2 Å². The topological polar surface area (TPSA) is 41.6 Å². The average molecular weight is 371 g/mol. The molecule has 1 amide bonds. The standard InChI is InChI=1S/C23H34N2O2/c26-23(24-20-5-1-2-6-20)9-4-16-27-22-11-10-18-12-14-25(21-7-3-8-21)15-13-19(18)17-22/h10-11,17,20-21H,1-9,12-16H2,(H,24,26). The van der Waals surface area contributed by atoms with Crippen molar-refractivity contribution in [3.8, 4) is 5.75 Å². The Morgan fingerprint density at radius 1 is 1.04 bits per heavy atom. The molecule has 0 aromatic heterocycles.